The highest BCUT2D eigenvalue weighted by Crippen LogP contribution is 2.25. The first-order chi connectivity index (χ1) is 8.83. The number of rotatable bonds is 7. The lowest BCUT2D eigenvalue weighted by Crippen LogP contribution is -2.20. The maximum Gasteiger partial charge on any atom is 0.297 e. The summed E-state index contributed by atoms with van der Waals surface area (Å²) in [5, 5.41) is 3.34. The zero-order chi connectivity index (χ0) is 12.8. The molecule has 4 nitrogen and oxygen atoms in total. The van der Waals surface area contributed by atoms with E-state index in [0.29, 0.717) is 0 Å². The number of hydrogen-bond donors (Lipinski definition) is 1. The summed E-state index contributed by atoms with van der Waals surface area (Å²) in [6, 6.07) is 0.807. The van der Waals surface area contributed by atoms with Gasteiger partial charge in [-0.2, -0.15) is 4.98 Å². The Labute approximate surface area is 110 Å². The van der Waals surface area contributed by atoms with Gasteiger partial charge in [-0.25, -0.2) is 0 Å². The molecule has 4 heteroatoms. The van der Waals surface area contributed by atoms with Crippen molar-refractivity contribution in [1.82, 2.24) is 10.3 Å². The molecule has 1 atom stereocenters. The average molecular weight is 251 g/mol. The van der Waals surface area contributed by atoms with E-state index in [2.05, 4.69) is 29.0 Å². The van der Waals surface area contributed by atoms with Crippen LogP contribution in [0, 0.1) is 5.92 Å². The van der Waals surface area contributed by atoms with Crippen LogP contribution in [0.1, 0.15) is 45.2 Å². The molecule has 1 saturated heterocycles. The van der Waals surface area contributed by atoms with Crippen molar-refractivity contribution in [2.45, 2.75) is 46.1 Å². The van der Waals surface area contributed by atoms with Gasteiger partial charge in [0, 0.05) is 19.6 Å². The summed E-state index contributed by atoms with van der Waals surface area (Å²) in [6.45, 7) is 8.46. The normalized spacial score (nSPS) is 19.7. The lowest BCUT2D eigenvalue weighted by Gasteiger charge is -2.12. The van der Waals surface area contributed by atoms with Gasteiger partial charge in [-0.05, 0) is 31.7 Å². The summed E-state index contributed by atoms with van der Waals surface area (Å²) in [6.07, 6.45) is 6.80. The van der Waals surface area contributed by atoms with E-state index in [0.717, 1.165) is 50.2 Å². The van der Waals surface area contributed by atoms with Crippen LogP contribution in [-0.4, -0.2) is 24.6 Å². The summed E-state index contributed by atoms with van der Waals surface area (Å²) >= 11 is 0. The third-order valence-electron chi connectivity index (χ3n) is 3.53. The molecule has 0 spiro atoms. The van der Waals surface area contributed by atoms with E-state index >= 15 is 0 Å². The highest BCUT2D eigenvalue weighted by molar-refractivity contribution is 5.28. The van der Waals surface area contributed by atoms with Gasteiger partial charge in [0.15, 0.2) is 0 Å². The average Bonchev–Trinajstić information content (AvgIpc) is 2.98. The van der Waals surface area contributed by atoms with E-state index in [1.807, 2.05) is 0 Å². The lowest BCUT2D eigenvalue weighted by atomic mass is 10.0. The van der Waals surface area contributed by atoms with Gasteiger partial charge in [-0.3, -0.25) is 0 Å². The molecule has 1 aromatic rings. The van der Waals surface area contributed by atoms with E-state index in [9.17, 15) is 0 Å². The van der Waals surface area contributed by atoms with Crippen molar-refractivity contribution >= 4 is 6.01 Å². The highest BCUT2D eigenvalue weighted by Gasteiger charge is 2.24. The summed E-state index contributed by atoms with van der Waals surface area (Å²) in [5.41, 5.74) is 1.01. The molecule has 102 valence electrons. The summed E-state index contributed by atoms with van der Waals surface area (Å²) in [5.74, 6) is 0.823. The predicted octanol–water partition coefficient (Wildman–Crippen LogP) is 2.80. The number of nitrogens with one attached hydrogen (secondary N) is 1. The molecule has 1 unspecified atom stereocenters. The first kappa shape index (κ1) is 13.4. The standard InChI is InChI=1S/C14H25N3O/c1-3-5-12-6-8-17(10-12)14-16-13(11-18-14)9-15-7-4-2/h11-12,15H,3-10H2,1-2H3. The zero-order valence-corrected chi connectivity index (χ0v) is 11.6. The van der Waals surface area contributed by atoms with Crippen LogP contribution in [0.15, 0.2) is 10.7 Å². The van der Waals surface area contributed by atoms with Crippen molar-refractivity contribution in [3.63, 3.8) is 0 Å². The van der Waals surface area contributed by atoms with Crippen LogP contribution in [0.4, 0.5) is 6.01 Å². The molecule has 0 bridgehead atoms. The van der Waals surface area contributed by atoms with Gasteiger partial charge in [0.1, 0.15) is 6.26 Å². The number of nitrogens with zero attached hydrogens (tertiary/aromatic N) is 2. The Hall–Kier alpha value is -1.03. The molecule has 2 heterocycles. The maximum atomic E-state index is 5.58. The quantitative estimate of drug-likeness (QED) is 0.757. The molecule has 1 aliphatic heterocycles. The van der Waals surface area contributed by atoms with Crippen LogP contribution in [0.3, 0.4) is 0 Å². The largest absolute Gasteiger partial charge is 0.432 e. The molecule has 1 N–H and O–H groups in total. The molecule has 2 rings (SSSR count). The smallest absolute Gasteiger partial charge is 0.297 e. The van der Waals surface area contributed by atoms with E-state index in [1.165, 1.54) is 19.3 Å². The van der Waals surface area contributed by atoms with Crippen LogP contribution in [-0.2, 0) is 6.54 Å². The van der Waals surface area contributed by atoms with Crippen molar-refractivity contribution in [3.8, 4) is 0 Å². The monoisotopic (exact) mass is 251 g/mol. The lowest BCUT2D eigenvalue weighted by molar-refractivity contribution is 0.515. The molecule has 0 radical (unpaired) electrons. The number of anilines is 1. The molecule has 0 aromatic carbocycles. The second kappa shape index (κ2) is 6.78. The van der Waals surface area contributed by atoms with E-state index in [-0.39, 0.29) is 0 Å². The second-order valence-corrected chi connectivity index (χ2v) is 5.19. The zero-order valence-electron chi connectivity index (χ0n) is 11.6. The van der Waals surface area contributed by atoms with Crippen LogP contribution in [0.25, 0.3) is 0 Å². The fourth-order valence-electron chi connectivity index (χ4n) is 2.57. The van der Waals surface area contributed by atoms with Crippen LogP contribution < -0.4 is 10.2 Å². The van der Waals surface area contributed by atoms with Crippen molar-refractivity contribution in [2.24, 2.45) is 5.92 Å². The Morgan fingerprint density at radius 2 is 2.33 bits per heavy atom. The van der Waals surface area contributed by atoms with Crippen LogP contribution in [0.2, 0.25) is 0 Å². The Bertz CT molecular complexity index is 351. The van der Waals surface area contributed by atoms with Gasteiger partial charge < -0.3 is 14.6 Å². The number of aromatic nitrogens is 1. The van der Waals surface area contributed by atoms with E-state index < -0.39 is 0 Å². The number of hydrogen-bond acceptors (Lipinski definition) is 4. The van der Waals surface area contributed by atoms with Crippen molar-refractivity contribution in [1.29, 1.82) is 0 Å². The molecule has 18 heavy (non-hydrogen) atoms. The minimum absolute atomic E-state index is 0.807. The maximum absolute atomic E-state index is 5.58. The molecular formula is C14H25N3O. The first-order valence-corrected chi connectivity index (χ1v) is 7.23. The summed E-state index contributed by atoms with van der Waals surface area (Å²) < 4.78 is 5.58. The highest BCUT2D eigenvalue weighted by atomic mass is 16.4. The molecule has 0 amide bonds. The van der Waals surface area contributed by atoms with Gasteiger partial charge in [0.05, 0.1) is 5.69 Å². The van der Waals surface area contributed by atoms with Crippen LogP contribution in [0.5, 0.6) is 0 Å². The van der Waals surface area contributed by atoms with Gasteiger partial charge in [-0.15, -0.1) is 0 Å². The minimum atomic E-state index is 0.807. The van der Waals surface area contributed by atoms with Gasteiger partial charge in [0.25, 0.3) is 6.01 Å². The molecule has 1 aromatic heterocycles. The molecule has 0 saturated carbocycles. The van der Waals surface area contributed by atoms with Crippen LogP contribution >= 0.6 is 0 Å². The van der Waals surface area contributed by atoms with Crippen molar-refractivity contribution in [2.75, 3.05) is 24.5 Å². The Balaban J connectivity index is 1.83. The molecule has 1 fully saturated rings. The van der Waals surface area contributed by atoms with E-state index in [1.54, 1.807) is 6.26 Å². The van der Waals surface area contributed by atoms with Gasteiger partial charge >= 0.3 is 0 Å². The molecule has 0 aliphatic carbocycles. The Morgan fingerprint density at radius 1 is 1.44 bits per heavy atom. The third kappa shape index (κ3) is 3.48. The third-order valence-corrected chi connectivity index (χ3v) is 3.53. The minimum Gasteiger partial charge on any atom is -0.432 e. The second-order valence-electron chi connectivity index (χ2n) is 5.19. The van der Waals surface area contributed by atoms with Crippen molar-refractivity contribution in [3.05, 3.63) is 12.0 Å². The van der Waals surface area contributed by atoms with Gasteiger partial charge in [0.2, 0.25) is 0 Å². The van der Waals surface area contributed by atoms with E-state index in [4.69, 9.17) is 4.42 Å². The first-order valence-electron chi connectivity index (χ1n) is 7.23. The fraction of sp³-hybridized carbons (Fsp3) is 0.786. The molecule has 1 aliphatic rings. The molecular weight excluding hydrogens is 226 g/mol. The van der Waals surface area contributed by atoms with Gasteiger partial charge in [-0.1, -0.05) is 20.3 Å². The Kier molecular flexibility index (Phi) is 5.05. The predicted molar refractivity (Wildman–Crippen MR) is 73.7 cm³/mol. The SMILES string of the molecule is CCCNCc1coc(N2CCC(CCC)C2)n1. The fourth-order valence-corrected chi connectivity index (χ4v) is 2.57. The topological polar surface area (TPSA) is 41.3 Å². The van der Waals surface area contributed by atoms with Crippen molar-refractivity contribution < 1.29 is 4.42 Å². The summed E-state index contributed by atoms with van der Waals surface area (Å²) in [7, 11) is 0. The summed E-state index contributed by atoms with van der Waals surface area (Å²) in [4.78, 5) is 6.84. The number of oxazole rings is 1. The Morgan fingerprint density at radius 3 is 3.11 bits per heavy atom.